The molecule has 1 aromatic rings. The van der Waals surface area contributed by atoms with Crippen LogP contribution in [0.3, 0.4) is 0 Å². The number of rotatable bonds is 7. The zero-order valence-electron chi connectivity index (χ0n) is 9.66. The Morgan fingerprint density at radius 1 is 1.00 bits per heavy atom. The first-order valence-corrected chi connectivity index (χ1v) is 5.64. The maximum Gasteiger partial charge on any atom is 0.0604 e. The van der Waals surface area contributed by atoms with Crippen molar-refractivity contribution in [1.82, 2.24) is 0 Å². The Morgan fingerprint density at radius 2 is 1.50 bits per heavy atom. The molecule has 0 heterocycles. The Labute approximate surface area is 96.3 Å². The van der Waals surface area contributed by atoms with E-state index >= 15 is 0 Å². The molecule has 0 fully saturated rings. The van der Waals surface area contributed by atoms with E-state index in [1.807, 2.05) is 18.2 Å². The van der Waals surface area contributed by atoms with Crippen LogP contribution in [-0.2, 0) is 6.42 Å². The Morgan fingerprint density at radius 3 is 1.88 bits per heavy atom. The van der Waals surface area contributed by atoms with Gasteiger partial charge in [-0.2, -0.15) is 0 Å². The summed E-state index contributed by atoms with van der Waals surface area (Å²) in [5.41, 5.74) is 3.27. The molecule has 0 amide bonds. The van der Waals surface area contributed by atoms with Crippen molar-refractivity contribution in [3.05, 3.63) is 23.8 Å². The highest BCUT2D eigenvalue weighted by atomic mass is 16.3. The molecule has 4 nitrogen and oxygen atoms in total. The van der Waals surface area contributed by atoms with Gasteiger partial charge in [-0.25, -0.2) is 0 Å². The predicted octanol–water partition coefficient (Wildman–Crippen LogP) is 1.06. The molecule has 0 aliphatic carbocycles. The molecule has 0 unspecified atom stereocenters. The minimum absolute atomic E-state index is 0.122. The second-order valence-electron chi connectivity index (χ2n) is 3.49. The molecule has 0 atom stereocenters. The molecule has 90 valence electrons. The number of hydrogen-bond acceptors (Lipinski definition) is 4. The van der Waals surface area contributed by atoms with Gasteiger partial charge in [0, 0.05) is 24.5 Å². The van der Waals surface area contributed by atoms with E-state index in [2.05, 4.69) is 17.6 Å². The maximum absolute atomic E-state index is 8.79. The monoisotopic (exact) mass is 224 g/mol. The van der Waals surface area contributed by atoms with Gasteiger partial charge < -0.3 is 20.8 Å². The van der Waals surface area contributed by atoms with Crippen molar-refractivity contribution < 1.29 is 10.2 Å². The molecule has 16 heavy (non-hydrogen) atoms. The molecule has 0 saturated carbocycles. The van der Waals surface area contributed by atoms with Crippen LogP contribution >= 0.6 is 0 Å². The fourth-order valence-corrected chi connectivity index (χ4v) is 1.68. The summed E-state index contributed by atoms with van der Waals surface area (Å²) in [7, 11) is 0. The third-order valence-electron chi connectivity index (χ3n) is 2.38. The minimum atomic E-state index is 0.122. The fourth-order valence-electron chi connectivity index (χ4n) is 1.68. The molecule has 1 rings (SSSR count). The highest BCUT2D eigenvalue weighted by Gasteiger charge is 2.05. The largest absolute Gasteiger partial charge is 0.395 e. The van der Waals surface area contributed by atoms with E-state index in [0.717, 1.165) is 17.8 Å². The first-order chi connectivity index (χ1) is 7.83. The summed E-state index contributed by atoms with van der Waals surface area (Å²) in [4.78, 5) is 0. The van der Waals surface area contributed by atoms with Gasteiger partial charge in [-0.05, 0) is 24.1 Å². The summed E-state index contributed by atoms with van der Waals surface area (Å²) in [6.45, 7) is 3.44. The molecule has 4 N–H and O–H groups in total. The van der Waals surface area contributed by atoms with Crippen LogP contribution in [0.4, 0.5) is 11.4 Å². The van der Waals surface area contributed by atoms with Crippen molar-refractivity contribution in [1.29, 1.82) is 0 Å². The van der Waals surface area contributed by atoms with Crippen LogP contribution in [-0.4, -0.2) is 36.5 Å². The Bertz CT molecular complexity index is 290. The number of hydrogen-bond donors (Lipinski definition) is 4. The third-order valence-corrected chi connectivity index (χ3v) is 2.38. The second kappa shape index (κ2) is 7.09. The number of benzene rings is 1. The van der Waals surface area contributed by atoms with Crippen molar-refractivity contribution in [2.24, 2.45) is 0 Å². The van der Waals surface area contributed by atoms with Crippen LogP contribution in [0, 0.1) is 0 Å². The normalized spacial score (nSPS) is 10.2. The van der Waals surface area contributed by atoms with Gasteiger partial charge in [0.2, 0.25) is 0 Å². The van der Waals surface area contributed by atoms with Gasteiger partial charge in [-0.15, -0.1) is 0 Å². The molecular weight excluding hydrogens is 204 g/mol. The molecule has 0 spiro atoms. The van der Waals surface area contributed by atoms with Crippen molar-refractivity contribution >= 4 is 11.4 Å². The quantitative estimate of drug-likeness (QED) is 0.559. The van der Waals surface area contributed by atoms with E-state index in [-0.39, 0.29) is 13.2 Å². The lowest BCUT2D eigenvalue weighted by Gasteiger charge is -2.15. The van der Waals surface area contributed by atoms with Gasteiger partial charge in [0.1, 0.15) is 0 Å². The molecule has 0 saturated heterocycles. The Balaban J connectivity index is 2.82. The lowest BCUT2D eigenvalue weighted by Crippen LogP contribution is -2.11. The predicted molar refractivity (Wildman–Crippen MR) is 67.0 cm³/mol. The van der Waals surface area contributed by atoms with Crippen LogP contribution < -0.4 is 10.6 Å². The van der Waals surface area contributed by atoms with Crippen LogP contribution in [0.1, 0.15) is 12.5 Å². The Hall–Kier alpha value is -1.26. The zero-order chi connectivity index (χ0) is 11.8. The van der Waals surface area contributed by atoms with Gasteiger partial charge in [0.15, 0.2) is 0 Å². The van der Waals surface area contributed by atoms with Crippen LogP contribution in [0.25, 0.3) is 0 Å². The van der Waals surface area contributed by atoms with E-state index in [4.69, 9.17) is 10.2 Å². The summed E-state index contributed by atoms with van der Waals surface area (Å²) in [6, 6.07) is 5.95. The average molecular weight is 224 g/mol. The molecule has 0 aromatic heterocycles. The van der Waals surface area contributed by atoms with Crippen molar-refractivity contribution in [2.45, 2.75) is 13.3 Å². The topological polar surface area (TPSA) is 64.5 Å². The number of anilines is 2. The van der Waals surface area contributed by atoms with E-state index < -0.39 is 0 Å². The van der Waals surface area contributed by atoms with E-state index in [9.17, 15) is 0 Å². The third kappa shape index (κ3) is 3.40. The van der Waals surface area contributed by atoms with E-state index in [1.54, 1.807) is 0 Å². The summed E-state index contributed by atoms with van der Waals surface area (Å²) < 4.78 is 0. The van der Waals surface area contributed by atoms with Crippen LogP contribution in [0.5, 0.6) is 0 Å². The van der Waals surface area contributed by atoms with E-state index in [0.29, 0.717) is 13.1 Å². The average Bonchev–Trinajstić information content (AvgIpc) is 2.33. The lowest BCUT2D eigenvalue weighted by molar-refractivity contribution is 0.311. The summed E-state index contributed by atoms with van der Waals surface area (Å²) in [5, 5.41) is 23.9. The van der Waals surface area contributed by atoms with Gasteiger partial charge in [0.25, 0.3) is 0 Å². The molecule has 0 radical (unpaired) electrons. The standard InChI is InChI=1S/C12H20N2O2/c1-2-10-11(13-6-8-15)4-3-5-12(10)14-7-9-16/h3-5,13-16H,2,6-9H2,1H3. The highest BCUT2D eigenvalue weighted by Crippen LogP contribution is 2.24. The zero-order valence-corrected chi connectivity index (χ0v) is 9.66. The molecule has 0 bridgehead atoms. The Kier molecular flexibility index (Phi) is 5.67. The van der Waals surface area contributed by atoms with Gasteiger partial charge in [-0.3, -0.25) is 0 Å². The number of aliphatic hydroxyl groups is 2. The minimum Gasteiger partial charge on any atom is -0.395 e. The van der Waals surface area contributed by atoms with Crippen molar-refractivity contribution in [2.75, 3.05) is 36.9 Å². The van der Waals surface area contributed by atoms with Crippen molar-refractivity contribution in [3.8, 4) is 0 Å². The van der Waals surface area contributed by atoms with Gasteiger partial charge in [0.05, 0.1) is 13.2 Å². The smallest absolute Gasteiger partial charge is 0.0604 e. The molecular formula is C12H20N2O2. The summed E-state index contributed by atoms with van der Waals surface area (Å²) in [6.07, 6.45) is 0.905. The first-order valence-electron chi connectivity index (χ1n) is 5.64. The first kappa shape index (κ1) is 12.8. The lowest BCUT2D eigenvalue weighted by atomic mass is 10.1. The molecule has 1 aromatic carbocycles. The highest BCUT2D eigenvalue weighted by molar-refractivity contribution is 5.65. The second-order valence-corrected chi connectivity index (χ2v) is 3.49. The van der Waals surface area contributed by atoms with Crippen molar-refractivity contribution in [3.63, 3.8) is 0 Å². The maximum atomic E-state index is 8.79. The molecule has 0 aliphatic rings. The number of aliphatic hydroxyl groups excluding tert-OH is 2. The van der Waals surface area contributed by atoms with Crippen LogP contribution in [0.2, 0.25) is 0 Å². The fraction of sp³-hybridized carbons (Fsp3) is 0.500. The van der Waals surface area contributed by atoms with Crippen LogP contribution in [0.15, 0.2) is 18.2 Å². The molecule has 0 aliphatic heterocycles. The molecule has 4 heteroatoms. The van der Waals surface area contributed by atoms with Gasteiger partial charge >= 0.3 is 0 Å². The summed E-state index contributed by atoms with van der Waals surface area (Å²) in [5.74, 6) is 0. The number of nitrogens with one attached hydrogen (secondary N) is 2. The van der Waals surface area contributed by atoms with Gasteiger partial charge in [-0.1, -0.05) is 13.0 Å². The summed E-state index contributed by atoms with van der Waals surface area (Å²) >= 11 is 0. The van der Waals surface area contributed by atoms with E-state index in [1.165, 1.54) is 5.56 Å². The SMILES string of the molecule is CCc1c(NCCO)cccc1NCCO.